The molecule has 0 bridgehead atoms. The highest BCUT2D eigenvalue weighted by atomic mass is 19.4. The SMILES string of the molecule is FC(F)(F)c1ccccc1N(c1ccccc1)c1ccc2c(c1)C1(c3ccccc3-c3ccccc31)c1cc(N(c3ccccc3)c3ccccc3C(F)(F)F)c3ccccc3c1-2. The summed E-state index contributed by atoms with van der Waals surface area (Å²) >= 11 is 0. The van der Waals surface area contributed by atoms with Gasteiger partial charge >= 0.3 is 12.4 Å². The number of rotatable bonds is 6. The number of para-hydroxylation sites is 4. The van der Waals surface area contributed by atoms with Crippen LogP contribution in [0, 0.1) is 0 Å². The Morgan fingerprint density at radius 3 is 1.35 bits per heavy atom. The molecule has 2 aliphatic carbocycles. The average molecular weight is 837 g/mol. The van der Waals surface area contributed by atoms with Gasteiger partial charge in [0.05, 0.1) is 33.6 Å². The van der Waals surface area contributed by atoms with Crippen LogP contribution < -0.4 is 9.80 Å². The molecular weight excluding hydrogens is 803 g/mol. The Labute approximate surface area is 359 Å². The van der Waals surface area contributed by atoms with Gasteiger partial charge in [-0.15, -0.1) is 0 Å². The number of fused-ring (bicyclic) bond motifs is 12. The molecule has 9 aromatic carbocycles. The third-order valence-electron chi connectivity index (χ3n) is 12.5. The van der Waals surface area contributed by atoms with Crippen LogP contribution in [-0.2, 0) is 17.8 Å². The molecule has 0 aromatic heterocycles. The van der Waals surface area contributed by atoms with Crippen LogP contribution >= 0.6 is 0 Å². The lowest BCUT2D eigenvalue weighted by Crippen LogP contribution is -2.27. The number of alkyl halides is 6. The summed E-state index contributed by atoms with van der Waals surface area (Å²) < 4.78 is 89.9. The van der Waals surface area contributed by atoms with Gasteiger partial charge in [-0.25, -0.2) is 0 Å². The standard InChI is InChI=1S/C55H34F6N2/c56-54(57,58)45-27-13-15-29-49(45)62(35-17-3-1-4-18-35)37-31-32-42-47(33-37)53(43-25-11-9-21-38(43)39-22-10-12-26-44(39)53)48-34-51(40-23-7-8-24-41(40)52(42)48)63(36-19-5-2-6-20-36)50-30-16-14-28-46(50)55(59,60)61/h1-34H. The third-order valence-corrected chi connectivity index (χ3v) is 12.5. The van der Waals surface area contributed by atoms with E-state index < -0.39 is 28.9 Å². The molecule has 8 heteroatoms. The zero-order valence-corrected chi connectivity index (χ0v) is 33.3. The molecular formula is C55H34F6N2. The second-order valence-corrected chi connectivity index (χ2v) is 15.8. The number of benzene rings is 9. The quantitative estimate of drug-likeness (QED) is 0.154. The lowest BCUT2D eigenvalue weighted by Gasteiger charge is -2.34. The molecule has 2 aliphatic rings. The van der Waals surface area contributed by atoms with Crippen molar-refractivity contribution in [1.82, 2.24) is 0 Å². The minimum Gasteiger partial charge on any atom is -0.310 e. The zero-order chi connectivity index (χ0) is 43.1. The van der Waals surface area contributed by atoms with Crippen LogP contribution in [0.2, 0.25) is 0 Å². The molecule has 0 amide bonds. The number of anilines is 6. The third kappa shape index (κ3) is 5.81. The molecule has 0 unspecified atom stereocenters. The Bertz CT molecular complexity index is 3180. The summed E-state index contributed by atoms with van der Waals surface area (Å²) in [5, 5.41) is 1.55. The lowest BCUT2D eigenvalue weighted by molar-refractivity contribution is -0.137. The molecule has 0 atom stereocenters. The molecule has 0 radical (unpaired) electrons. The molecule has 0 fully saturated rings. The highest BCUT2D eigenvalue weighted by Gasteiger charge is 2.53. The molecule has 306 valence electrons. The van der Waals surface area contributed by atoms with E-state index in [1.54, 1.807) is 46.2 Å². The number of hydrogen-bond acceptors (Lipinski definition) is 2. The van der Waals surface area contributed by atoms with Crippen molar-refractivity contribution in [1.29, 1.82) is 0 Å². The van der Waals surface area contributed by atoms with Crippen molar-refractivity contribution in [2.45, 2.75) is 17.8 Å². The molecule has 63 heavy (non-hydrogen) atoms. The minimum atomic E-state index is -4.66. The number of hydrogen-bond donors (Lipinski definition) is 0. The van der Waals surface area contributed by atoms with Crippen molar-refractivity contribution in [3.63, 3.8) is 0 Å². The summed E-state index contributed by atoms with van der Waals surface area (Å²) in [6.45, 7) is 0. The maximum absolute atomic E-state index is 15.1. The molecule has 0 aliphatic heterocycles. The smallest absolute Gasteiger partial charge is 0.310 e. The van der Waals surface area contributed by atoms with Gasteiger partial charge in [0, 0.05) is 22.4 Å². The second-order valence-electron chi connectivity index (χ2n) is 15.8. The fourth-order valence-electron chi connectivity index (χ4n) is 10.1. The topological polar surface area (TPSA) is 6.48 Å². The molecule has 1 spiro atoms. The van der Waals surface area contributed by atoms with Crippen LogP contribution in [0.5, 0.6) is 0 Å². The van der Waals surface area contributed by atoms with Gasteiger partial charge in [0.1, 0.15) is 0 Å². The summed E-state index contributed by atoms with van der Waals surface area (Å²) in [5.41, 5.74) is 6.91. The van der Waals surface area contributed by atoms with E-state index in [0.717, 1.165) is 67.4 Å². The van der Waals surface area contributed by atoms with Crippen LogP contribution in [0.25, 0.3) is 33.0 Å². The van der Waals surface area contributed by atoms with E-state index in [9.17, 15) is 13.2 Å². The van der Waals surface area contributed by atoms with Gasteiger partial charge in [-0.05, 0) is 117 Å². The molecule has 0 saturated carbocycles. The first kappa shape index (κ1) is 38.3. The molecule has 0 saturated heterocycles. The van der Waals surface area contributed by atoms with E-state index in [1.165, 1.54) is 24.3 Å². The Kier molecular flexibility index (Phi) is 8.67. The van der Waals surface area contributed by atoms with Crippen molar-refractivity contribution in [2.24, 2.45) is 0 Å². The minimum absolute atomic E-state index is 0.0255. The van der Waals surface area contributed by atoms with Gasteiger partial charge in [-0.3, -0.25) is 0 Å². The normalized spacial score (nSPS) is 13.4. The van der Waals surface area contributed by atoms with Crippen LogP contribution in [0.3, 0.4) is 0 Å². The van der Waals surface area contributed by atoms with Crippen LogP contribution in [-0.4, -0.2) is 0 Å². The van der Waals surface area contributed by atoms with E-state index in [4.69, 9.17) is 0 Å². The van der Waals surface area contributed by atoms with Gasteiger partial charge in [-0.1, -0.05) is 140 Å². The van der Waals surface area contributed by atoms with Gasteiger partial charge < -0.3 is 9.80 Å². The van der Waals surface area contributed by atoms with Crippen LogP contribution in [0.15, 0.2) is 206 Å². The molecule has 9 aromatic rings. The van der Waals surface area contributed by atoms with Gasteiger partial charge in [0.15, 0.2) is 0 Å². The molecule has 0 N–H and O–H groups in total. The average Bonchev–Trinajstić information content (AvgIpc) is 3.77. The van der Waals surface area contributed by atoms with E-state index in [1.807, 2.05) is 109 Å². The van der Waals surface area contributed by atoms with Gasteiger partial charge in [0.25, 0.3) is 0 Å². The zero-order valence-electron chi connectivity index (χ0n) is 33.3. The van der Waals surface area contributed by atoms with Crippen molar-refractivity contribution < 1.29 is 26.3 Å². The Balaban J connectivity index is 1.27. The first-order chi connectivity index (χ1) is 30.6. The predicted molar refractivity (Wildman–Crippen MR) is 240 cm³/mol. The van der Waals surface area contributed by atoms with Crippen molar-refractivity contribution >= 4 is 44.9 Å². The molecule has 11 rings (SSSR count). The highest BCUT2D eigenvalue weighted by Crippen LogP contribution is 2.65. The number of nitrogens with zero attached hydrogens (tertiary/aromatic N) is 2. The summed E-state index contributed by atoms with van der Waals surface area (Å²) in [6, 6.07) is 61.3. The van der Waals surface area contributed by atoms with E-state index in [2.05, 4.69) is 24.3 Å². The van der Waals surface area contributed by atoms with E-state index >= 15 is 13.2 Å². The fourth-order valence-corrected chi connectivity index (χ4v) is 10.1. The maximum Gasteiger partial charge on any atom is 0.418 e. The van der Waals surface area contributed by atoms with Crippen LogP contribution in [0.4, 0.5) is 60.5 Å². The first-order valence-corrected chi connectivity index (χ1v) is 20.5. The Morgan fingerprint density at radius 1 is 0.317 bits per heavy atom. The summed E-state index contributed by atoms with van der Waals surface area (Å²) in [4.78, 5) is 3.35. The summed E-state index contributed by atoms with van der Waals surface area (Å²) in [5.74, 6) is 0. The van der Waals surface area contributed by atoms with E-state index in [0.29, 0.717) is 22.7 Å². The fraction of sp³-hybridized carbons (Fsp3) is 0.0545. The Morgan fingerprint density at radius 2 is 0.778 bits per heavy atom. The monoisotopic (exact) mass is 836 g/mol. The maximum atomic E-state index is 15.1. The summed E-state index contributed by atoms with van der Waals surface area (Å²) in [6.07, 6.45) is -9.31. The molecule has 0 heterocycles. The van der Waals surface area contributed by atoms with Crippen molar-refractivity contribution in [3.8, 4) is 22.3 Å². The lowest BCUT2D eigenvalue weighted by atomic mass is 9.70. The Hall–Kier alpha value is -7.58. The second kappa shape index (κ2) is 14.2. The largest absolute Gasteiger partial charge is 0.418 e. The molecule has 2 nitrogen and oxygen atoms in total. The summed E-state index contributed by atoms with van der Waals surface area (Å²) in [7, 11) is 0. The van der Waals surface area contributed by atoms with Crippen molar-refractivity contribution in [2.75, 3.05) is 9.80 Å². The van der Waals surface area contributed by atoms with Crippen molar-refractivity contribution in [3.05, 3.63) is 240 Å². The van der Waals surface area contributed by atoms with E-state index in [-0.39, 0.29) is 11.4 Å². The predicted octanol–water partition coefficient (Wildman–Crippen LogP) is 16.2. The van der Waals surface area contributed by atoms with Crippen LogP contribution in [0.1, 0.15) is 33.4 Å². The first-order valence-electron chi connectivity index (χ1n) is 20.5. The van der Waals surface area contributed by atoms with Gasteiger partial charge in [0.2, 0.25) is 0 Å². The number of halogens is 6. The van der Waals surface area contributed by atoms with Gasteiger partial charge in [-0.2, -0.15) is 26.3 Å². The highest BCUT2D eigenvalue weighted by molar-refractivity contribution is 6.12.